The molecule has 0 saturated carbocycles. The van der Waals surface area contributed by atoms with Gasteiger partial charge in [-0.15, -0.1) is 0 Å². The molecule has 0 fully saturated rings. The second-order valence-electron chi connectivity index (χ2n) is 11.3. The number of halogens is 4. The molecule has 0 amide bonds. The number of aromatic nitrogens is 2. The number of hydrogen-bond acceptors (Lipinski definition) is 6. The molecular weight excluding hydrogens is 722 g/mol. The maximum atomic E-state index is 11.4. The Labute approximate surface area is 301 Å². The van der Waals surface area contributed by atoms with Crippen LogP contribution < -0.4 is 14.4 Å². The Morgan fingerprint density at radius 2 is 1.08 bits per heavy atom. The summed E-state index contributed by atoms with van der Waals surface area (Å²) < 4.78 is 3.82. The van der Waals surface area contributed by atoms with Gasteiger partial charge in [0.15, 0.2) is 11.0 Å². The number of hydrogen-bond donors (Lipinski definition) is 4. The number of carbonyl (C=O) groups is 4. The molecule has 0 saturated heterocycles. The van der Waals surface area contributed by atoms with Crippen LogP contribution in [0.1, 0.15) is 57.2 Å². The summed E-state index contributed by atoms with van der Waals surface area (Å²) in [5.41, 5.74) is 2.74. The first kappa shape index (κ1) is 37.8. The number of carboxylic acids is 4. The van der Waals surface area contributed by atoms with Crippen LogP contribution in [0, 0.1) is 0 Å². The summed E-state index contributed by atoms with van der Waals surface area (Å²) in [4.78, 5) is 49.3. The Bertz CT molecular complexity index is 1710. The maximum absolute atomic E-state index is 11.4. The Morgan fingerprint density at radius 1 is 0.633 bits per heavy atom. The van der Waals surface area contributed by atoms with Crippen molar-refractivity contribution in [3.05, 3.63) is 68.2 Å². The number of nitrogens with zero attached hydrogens (tertiary/aromatic N) is 4. The summed E-state index contributed by atoms with van der Waals surface area (Å²) in [5.74, 6) is -2.50. The topological polar surface area (TPSA) is 164 Å². The smallest absolute Gasteiger partial charge is 0.303 e. The van der Waals surface area contributed by atoms with Crippen molar-refractivity contribution in [3.8, 4) is 0 Å². The molecule has 0 bridgehead atoms. The van der Waals surface area contributed by atoms with Gasteiger partial charge in [-0.05, 0) is 43.9 Å². The maximum Gasteiger partial charge on any atom is 0.303 e. The van der Waals surface area contributed by atoms with Crippen molar-refractivity contribution in [2.24, 2.45) is 0 Å². The van der Waals surface area contributed by atoms with E-state index in [1.165, 1.54) is 0 Å². The summed E-state index contributed by atoms with van der Waals surface area (Å²) in [7, 11) is 0. The Hall–Kier alpha value is -3.97. The van der Waals surface area contributed by atoms with Gasteiger partial charge in [-0.25, -0.2) is 9.13 Å². The number of anilines is 2. The second-order valence-corrected chi connectivity index (χ2v) is 13.0. The van der Waals surface area contributed by atoms with Gasteiger partial charge in [0.05, 0.1) is 44.6 Å². The average molecular weight is 757 g/mol. The van der Waals surface area contributed by atoms with Gasteiger partial charge < -0.3 is 30.2 Å². The van der Waals surface area contributed by atoms with E-state index in [-0.39, 0.29) is 25.7 Å². The predicted molar refractivity (Wildman–Crippen MR) is 188 cm³/mol. The van der Waals surface area contributed by atoms with E-state index in [0.717, 1.165) is 0 Å². The van der Waals surface area contributed by atoms with Gasteiger partial charge in [-0.1, -0.05) is 52.5 Å². The van der Waals surface area contributed by atoms with Crippen molar-refractivity contribution in [1.29, 1.82) is 0 Å². The summed E-state index contributed by atoms with van der Waals surface area (Å²) in [6.07, 6.45) is 6.32. The van der Waals surface area contributed by atoms with Gasteiger partial charge in [0.25, 0.3) is 5.82 Å². The molecule has 262 valence electrons. The minimum Gasteiger partial charge on any atom is -0.481 e. The highest BCUT2D eigenvalue weighted by atomic mass is 35.5. The normalized spacial score (nSPS) is 12.7. The molecule has 3 aromatic rings. The molecule has 0 unspecified atom stereocenters. The van der Waals surface area contributed by atoms with E-state index in [1.54, 1.807) is 30.3 Å². The molecule has 4 rings (SSSR count). The molecule has 0 spiro atoms. The number of fused-ring (bicyclic) bond motifs is 2. The summed E-state index contributed by atoms with van der Waals surface area (Å²) >= 11 is 25.6. The first-order valence-corrected chi connectivity index (χ1v) is 17.0. The van der Waals surface area contributed by atoms with Gasteiger partial charge in [0, 0.05) is 57.0 Å². The van der Waals surface area contributed by atoms with Crippen molar-refractivity contribution in [3.63, 3.8) is 0 Å². The fraction of sp³-hybridized carbons (Fsp3) is 0.364. The molecular formula is C33H35Cl4N4O8+. The molecule has 2 aromatic carbocycles. The van der Waals surface area contributed by atoms with Crippen LogP contribution in [0.3, 0.4) is 0 Å². The van der Waals surface area contributed by atoms with Crippen LogP contribution >= 0.6 is 46.4 Å². The van der Waals surface area contributed by atoms with Crippen molar-refractivity contribution >= 4 is 98.8 Å². The van der Waals surface area contributed by atoms with E-state index < -0.39 is 23.9 Å². The highest BCUT2D eigenvalue weighted by Crippen LogP contribution is 2.46. The molecule has 0 radical (unpaired) electrons. The summed E-state index contributed by atoms with van der Waals surface area (Å²) in [6.45, 7) is 1.25. The third kappa shape index (κ3) is 9.60. The average Bonchev–Trinajstić information content (AvgIpc) is 3.43. The number of carboxylic acid groups (broad SMARTS) is 4. The molecule has 16 heteroatoms. The molecule has 0 atom stereocenters. The molecule has 2 heterocycles. The van der Waals surface area contributed by atoms with E-state index in [9.17, 15) is 39.6 Å². The quantitative estimate of drug-likeness (QED) is 0.0978. The highest BCUT2D eigenvalue weighted by Gasteiger charge is 2.32. The summed E-state index contributed by atoms with van der Waals surface area (Å²) in [6, 6.07) is 6.77. The zero-order valence-corrected chi connectivity index (χ0v) is 29.3. The Kier molecular flexibility index (Phi) is 13.2. The number of imidazole rings is 1. The monoisotopic (exact) mass is 755 g/mol. The van der Waals surface area contributed by atoms with Gasteiger partial charge in [0.1, 0.15) is 5.82 Å². The van der Waals surface area contributed by atoms with Gasteiger partial charge >= 0.3 is 23.9 Å². The van der Waals surface area contributed by atoms with Gasteiger partial charge in [-0.2, -0.15) is 0 Å². The number of benzene rings is 2. The molecule has 12 nitrogen and oxygen atoms in total. The molecule has 4 N–H and O–H groups in total. The number of rotatable bonds is 18. The standard InChI is InChI=1S/C33H34Cl4N4O8/c34-20-16-24-25(17-21(20)35)39(13-3-9-31(44)45)28(38(24)12-2-8-30(42)43)6-1-7-29-40(14-4-10-32(46)47)26-18-22(36)23(37)19-27(26)41(29)15-5-11-33(48)49/h1,6-7,16-19H,2-5,8-15H2,(H3-,42,43,44,45,46,47,48,49)/p+1. The van der Waals surface area contributed by atoms with Crippen molar-refractivity contribution in [2.75, 3.05) is 22.9 Å². The number of aryl methyl sites for hydroxylation is 2. The minimum atomic E-state index is -0.944. The van der Waals surface area contributed by atoms with Crippen LogP contribution in [0.2, 0.25) is 20.1 Å². The van der Waals surface area contributed by atoms with E-state index in [2.05, 4.69) is 0 Å². The first-order chi connectivity index (χ1) is 23.3. The van der Waals surface area contributed by atoms with Crippen LogP contribution in [0.4, 0.5) is 11.4 Å². The third-order valence-corrected chi connectivity index (χ3v) is 9.33. The van der Waals surface area contributed by atoms with Crippen LogP contribution in [-0.4, -0.2) is 62.0 Å². The third-order valence-electron chi connectivity index (χ3n) is 7.88. The molecule has 49 heavy (non-hydrogen) atoms. The van der Waals surface area contributed by atoms with Gasteiger partial charge in [-0.3, -0.25) is 19.2 Å². The molecule has 1 aromatic heterocycles. The largest absolute Gasteiger partial charge is 0.481 e. The van der Waals surface area contributed by atoms with Crippen LogP contribution in [0.15, 0.2) is 42.2 Å². The van der Waals surface area contributed by atoms with Crippen LogP contribution in [0.5, 0.6) is 0 Å². The zero-order valence-electron chi connectivity index (χ0n) is 26.2. The predicted octanol–water partition coefficient (Wildman–Crippen LogP) is 7.18. The fourth-order valence-corrected chi connectivity index (χ4v) is 6.41. The first-order valence-electron chi connectivity index (χ1n) is 15.5. The summed E-state index contributed by atoms with van der Waals surface area (Å²) in [5, 5.41) is 38.5. The van der Waals surface area contributed by atoms with E-state index in [0.29, 0.717) is 106 Å². The fourth-order valence-electron chi connectivity index (χ4n) is 5.78. The Morgan fingerprint density at radius 3 is 1.59 bits per heavy atom. The Balaban J connectivity index is 1.85. The van der Waals surface area contributed by atoms with Crippen LogP contribution in [-0.2, 0) is 32.3 Å². The van der Waals surface area contributed by atoms with Crippen molar-refractivity contribution < 1.29 is 44.2 Å². The molecule has 0 aliphatic carbocycles. The van der Waals surface area contributed by atoms with E-state index >= 15 is 0 Å². The lowest BCUT2D eigenvalue weighted by molar-refractivity contribution is -0.674. The lowest BCUT2D eigenvalue weighted by Gasteiger charge is -2.25. The SMILES string of the molecule is O=C(O)CCCN1C(=C/C=C/c2n(CCCC(=O)O)c3cc(Cl)c(Cl)cc3[n+]2CCCC(=O)O)N(CCCC(=O)O)c2cc(Cl)c(Cl)cc21. The van der Waals surface area contributed by atoms with Crippen molar-refractivity contribution in [2.45, 2.75) is 64.5 Å². The van der Waals surface area contributed by atoms with E-state index in [1.807, 2.05) is 31.1 Å². The minimum absolute atomic E-state index is 0.0762. The number of aliphatic carboxylic acids is 4. The molecule has 1 aliphatic heterocycles. The van der Waals surface area contributed by atoms with Crippen molar-refractivity contribution in [1.82, 2.24) is 4.57 Å². The van der Waals surface area contributed by atoms with Crippen LogP contribution in [0.25, 0.3) is 17.1 Å². The lowest BCUT2D eigenvalue weighted by atomic mass is 10.2. The number of allylic oxidation sites excluding steroid dienone is 2. The lowest BCUT2D eigenvalue weighted by Crippen LogP contribution is -2.37. The van der Waals surface area contributed by atoms with Gasteiger partial charge in [0.2, 0.25) is 0 Å². The van der Waals surface area contributed by atoms with E-state index in [4.69, 9.17) is 46.4 Å². The zero-order chi connectivity index (χ0) is 35.8. The second kappa shape index (κ2) is 17.1. The molecule has 1 aliphatic rings. The highest BCUT2D eigenvalue weighted by molar-refractivity contribution is 6.43.